The Morgan fingerprint density at radius 1 is 0.276 bits per heavy atom. The molecule has 0 aliphatic heterocycles. The van der Waals surface area contributed by atoms with Crippen molar-refractivity contribution >= 4 is 39.5 Å². The van der Waals surface area contributed by atoms with Gasteiger partial charge in [-0.2, -0.15) is 0 Å². The Bertz CT molecular complexity index is 2010. The molecule has 0 saturated heterocycles. The second-order valence-corrected chi connectivity index (χ2v) is 34.6. The molecule has 0 spiro atoms. The second-order valence-electron chi connectivity index (χ2n) is 31.6. The summed E-state index contributed by atoms with van der Waals surface area (Å²) >= 11 is 0. The maximum atomic E-state index is 13.1. The summed E-state index contributed by atoms with van der Waals surface area (Å²) in [5.41, 5.74) is 0. The summed E-state index contributed by atoms with van der Waals surface area (Å²) in [6, 6.07) is 0. The van der Waals surface area contributed by atoms with Crippen LogP contribution < -0.4 is 0 Å². The molecule has 0 rings (SSSR count). The highest BCUT2D eigenvalue weighted by atomic mass is 31.2. The molecule has 0 aromatic heterocycles. The number of carbonyl (C=O) groups is 4. The van der Waals surface area contributed by atoms with Crippen LogP contribution in [0.1, 0.15) is 459 Å². The van der Waals surface area contributed by atoms with Gasteiger partial charge in [0.15, 0.2) is 12.2 Å². The fourth-order valence-corrected chi connectivity index (χ4v) is 15.0. The van der Waals surface area contributed by atoms with E-state index >= 15 is 0 Å². The van der Waals surface area contributed by atoms with E-state index in [1.54, 1.807) is 0 Å². The summed E-state index contributed by atoms with van der Waals surface area (Å²) in [4.78, 5) is 73.2. The molecule has 624 valence electrons. The first-order valence-electron chi connectivity index (χ1n) is 44.5. The van der Waals surface area contributed by atoms with Crippen LogP contribution in [0.3, 0.4) is 0 Å². The van der Waals surface area contributed by atoms with Crippen molar-refractivity contribution in [1.29, 1.82) is 0 Å². The molecule has 0 aromatic rings. The minimum Gasteiger partial charge on any atom is -0.462 e. The Balaban J connectivity index is 5.24. The molecule has 0 aromatic carbocycles. The summed E-state index contributed by atoms with van der Waals surface area (Å²) in [5, 5.41) is 10.7. The standard InChI is InChI=1S/C86H168O17P2/c1-7-10-12-14-16-18-20-22-23-29-33-39-45-51-57-63-69-84(89)97-74-81(102-85(90)70-64-58-52-46-40-34-30-27-25-24-26-28-32-37-43-49-55-61-67-79(6)9-3)76-100-104(92,93)98-72-80(87)73-99-105(94,95)101-77-82(75-96-83(88)68-62-56-50-44-38-31-21-19-17-15-13-11-8-2)103-86(91)71-65-59-53-47-41-35-36-42-48-54-60-66-78(4)5/h78-82,87H,7-77H2,1-6H3,(H,92,93)(H,94,95)/t79?,80-,81-,82-/m1/s1. The van der Waals surface area contributed by atoms with Gasteiger partial charge in [-0.25, -0.2) is 9.13 Å². The van der Waals surface area contributed by atoms with Crippen molar-refractivity contribution in [2.24, 2.45) is 11.8 Å². The molecule has 0 aliphatic carbocycles. The lowest BCUT2D eigenvalue weighted by Gasteiger charge is -2.21. The van der Waals surface area contributed by atoms with E-state index in [-0.39, 0.29) is 25.7 Å². The Morgan fingerprint density at radius 2 is 0.486 bits per heavy atom. The molecular weight excluding hydrogens is 1370 g/mol. The third kappa shape index (κ3) is 78.5. The topological polar surface area (TPSA) is 237 Å². The van der Waals surface area contributed by atoms with Gasteiger partial charge in [-0.15, -0.1) is 0 Å². The highest BCUT2D eigenvalue weighted by Crippen LogP contribution is 2.45. The van der Waals surface area contributed by atoms with Crippen molar-refractivity contribution in [2.45, 2.75) is 477 Å². The van der Waals surface area contributed by atoms with Crippen molar-refractivity contribution < 1.29 is 80.2 Å². The molecule has 3 N–H and O–H groups in total. The molecule has 3 unspecified atom stereocenters. The molecular formula is C86H168O17P2. The highest BCUT2D eigenvalue weighted by molar-refractivity contribution is 7.47. The van der Waals surface area contributed by atoms with Crippen LogP contribution in [-0.4, -0.2) is 96.7 Å². The number of unbranched alkanes of at least 4 members (excludes halogenated alkanes) is 54. The van der Waals surface area contributed by atoms with E-state index in [0.717, 1.165) is 102 Å². The quantitative estimate of drug-likeness (QED) is 0.0222. The van der Waals surface area contributed by atoms with Crippen molar-refractivity contribution in [3.05, 3.63) is 0 Å². The molecule has 19 heteroatoms. The summed E-state index contributed by atoms with van der Waals surface area (Å²) in [7, 11) is -9.93. The smallest absolute Gasteiger partial charge is 0.462 e. The molecule has 0 radical (unpaired) electrons. The summed E-state index contributed by atoms with van der Waals surface area (Å²) in [6.07, 6.45) is 69.3. The van der Waals surface area contributed by atoms with E-state index in [1.807, 2.05) is 0 Å². The van der Waals surface area contributed by atoms with Gasteiger partial charge in [0.25, 0.3) is 0 Å². The molecule has 0 bridgehead atoms. The van der Waals surface area contributed by atoms with E-state index in [2.05, 4.69) is 41.5 Å². The summed E-state index contributed by atoms with van der Waals surface area (Å²) in [6.45, 7) is 9.74. The number of esters is 4. The van der Waals surface area contributed by atoms with E-state index < -0.39 is 97.5 Å². The molecule has 17 nitrogen and oxygen atoms in total. The number of aliphatic hydroxyl groups excluding tert-OH is 1. The normalized spacial score (nSPS) is 14.1. The van der Waals surface area contributed by atoms with Crippen LogP contribution in [0.2, 0.25) is 0 Å². The first kappa shape index (κ1) is 103. The zero-order valence-electron chi connectivity index (χ0n) is 69.0. The van der Waals surface area contributed by atoms with Gasteiger partial charge in [0.05, 0.1) is 26.4 Å². The van der Waals surface area contributed by atoms with Crippen LogP contribution in [0, 0.1) is 11.8 Å². The van der Waals surface area contributed by atoms with Crippen LogP contribution in [0.4, 0.5) is 0 Å². The van der Waals surface area contributed by atoms with E-state index in [4.69, 9.17) is 37.0 Å². The number of aliphatic hydroxyl groups is 1. The average Bonchev–Trinajstić information content (AvgIpc) is 0.905. The molecule has 0 heterocycles. The van der Waals surface area contributed by atoms with Gasteiger partial charge in [-0.3, -0.25) is 37.3 Å². The number of phosphoric ester groups is 2. The molecule has 105 heavy (non-hydrogen) atoms. The third-order valence-electron chi connectivity index (χ3n) is 20.6. The van der Waals surface area contributed by atoms with Crippen LogP contribution in [0.15, 0.2) is 0 Å². The van der Waals surface area contributed by atoms with Crippen molar-refractivity contribution in [1.82, 2.24) is 0 Å². The van der Waals surface area contributed by atoms with Crippen LogP contribution in [0.25, 0.3) is 0 Å². The van der Waals surface area contributed by atoms with E-state index in [9.17, 15) is 43.2 Å². The molecule has 0 amide bonds. The number of ether oxygens (including phenoxy) is 4. The van der Waals surface area contributed by atoms with Crippen LogP contribution in [0.5, 0.6) is 0 Å². The van der Waals surface area contributed by atoms with Crippen LogP contribution >= 0.6 is 15.6 Å². The summed E-state index contributed by atoms with van der Waals surface area (Å²) < 4.78 is 68.9. The van der Waals surface area contributed by atoms with E-state index in [1.165, 1.54) is 276 Å². The number of rotatable bonds is 85. The molecule has 0 saturated carbocycles. The monoisotopic (exact) mass is 1540 g/mol. The lowest BCUT2D eigenvalue weighted by Crippen LogP contribution is -2.30. The third-order valence-corrected chi connectivity index (χ3v) is 22.5. The largest absolute Gasteiger partial charge is 0.472 e. The average molecular weight is 1540 g/mol. The van der Waals surface area contributed by atoms with Gasteiger partial charge in [0, 0.05) is 25.7 Å². The lowest BCUT2D eigenvalue weighted by molar-refractivity contribution is -0.161. The number of hydrogen-bond donors (Lipinski definition) is 3. The predicted molar refractivity (Wildman–Crippen MR) is 432 cm³/mol. The van der Waals surface area contributed by atoms with Gasteiger partial charge in [0.1, 0.15) is 19.3 Å². The Kier molecular flexibility index (Phi) is 76.0. The second kappa shape index (κ2) is 77.4. The zero-order valence-corrected chi connectivity index (χ0v) is 70.8. The SMILES string of the molecule is CCCCCCCCCCCCCCCCCCC(=O)OC[C@H](COP(=O)(O)OC[C@@H](O)COP(=O)(O)OC[C@@H](COC(=O)CCCCCCCCCCCCCCC)OC(=O)CCCCCCCCCCCCCC(C)C)OC(=O)CCCCCCCCCCCCCCCCCCCCC(C)CC. The van der Waals surface area contributed by atoms with Gasteiger partial charge in [0.2, 0.25) is 0 Å². The molecule has 0 aliphatic rings. The number of carbonyl (C=O) groups excluding carboxylic acids is 4. The van der Waals surface area contributed by atoms with Crippen molar-refractivity contribution in [2.75, 3.05) is 39.6 Å². The van der Waals surface area contributed by atoms with E-state index in [0.29, 0.717) is 25.7 Å². The van der Waals surface area contributed by atoms with Gasteiger partial charge < -0.3 is 33.8 Å². The zero-order chi connectivity index (χ0) is 77.1. The van der Waals surface area contributed by atoms with Crippen molar-refractivity contribution in [3.63, 3.8) is 0 Å². The Labute approximate surface area is 645 Å². The first-order chi connectivity index (χ1) is 50.9. The maximum Gasteiger partial charge on any atom is 0.472 e. The Morgan fingerprint density at radius 3 is 0.724 bits per heavy atom. The van der Waals surface area contributed by atoms with Crippen molar-refractivity contribution in [3.8, 4) is 0 Å². The molecule has 0 fully saturated rings. The Hall–Kier alpha value is -1.94. The number of phosphoric acid groups is 2. The summed E-state index contributed by atoms with van der Waals surface area (Å²) in [5.74, 6) is -0.464. The van der Waals surface area contributed by atoms with Gasteiger partial charge >= 0.3 is 39.5 Å². The van der Waals surface area contributed by atoms with Crippen LogP contribution in [-0.2, 0) is 65.4 Å². The number of hydrogen-bond acceptors (Lipinski definition) is 15. The fourth-order valence-electron chi connectivity index (χ4n) is 13.4. The fraction of sp³-hybridized carbons (Fsp3) is 0.953. The minimum atomic E-state index is -4.97. The molecule has 6 atom stereocenters. The lowest BCUT2D eigenvalue weighted by atomic mass is 9.99. The maximum absolute atomic E-state index is 13.1. The first-order valence-corrected chi connectivity index (χ1v) is 47.5. The van der Waals surface area contributed by atoms with Gasteiger partial charge in [-0.05, 0) is 37.5 Å². The highest BCUT2D eigenvalue weighted by Gasteiger charge is 2.30. The minimum absolute atomic E-state index is 0.107. The van der Waals surface area contributed by atoms with Gasteiger partial charge in [-0.1, -0.05) is 408 Å². The predicted octanol–water partition coefficient (Wildman–Crippen LogP) is 26.2.